The molecule has 0 radical (unpaired) electrons. The van der Waals surface area contributed by atoms with Gasteiger partial charge in [0.25, 0.3) is 0 Å². The number of fused-ring (bicyclic) bond motifs is 1. The number of nitrogens with one attached hydrogen (secondary N) is 3. The van der Waals surface area contributed by atoms with Crippen LogP contribution in [0.3, 0.4) is 0 Å². The fraction of sp³-hybridized carbons (Fsp3) is 0.118. The van der Waals surface area contributed by atoms with Gasteiger partial charge < -0.3 is 15.6 Å². The second kappa shape index (κ2) is 6.72. The third-order valence-corrected chi connectivity index (χ3v) is 3.72. The number of anilines is 1. The highest BCUT2D eigenvalue weighted by Gasteiger charge is 2.10. The Hall–Kier alpha value is -2.86. The summed E-state index contributed by atoms with van der Waals surface area (Å²) in [4.78, 5) is 30.3. The number of halogens is 1. The molecule has 0 spiro atoms. The van der Waals surface area contributed by atoms with Crippen molar-refractivity contribution in [2.24, 2.45) is 0 Å². The number of nitrogens with zero attached hydrogens (tertiary/aromatic N) is 1. The summed E-state index contributed by atoms with van der Waals surface area (Å²) in [6.45, 7) is 1.29. The second-order valence-corrected chi connectivity index (χ2v) is 5.66. The van der Waals surface area contributed by atoms with Crippen molar-refractivity contribution >= 4 is 40.1 Å². The van der Waals surface area contributed by atoms with Crippen LogP contribution in [0.1, 0.15) is 6.92 Å². The molecule has 0 unspecified atom stereocenters. The lowest BCUT2D eigenvalue weighted by Gasteiger charge is -2.05. The molecule has 0 aliphatic carbocycles. The number of carbonyl (C=O) groups excluding carboxylic acids is 2. The van der Waals surface area contributed by atoms with E-state index in [0.717, 1.165) is 16.6 Å². The van der Waals surface area contributed by atoms with Crippen LogP contribution >= 0.6 is 11.6 Å². The van der Waals surface area contributed by atoms with E-state index in [0.29, 0.717) is 16.5 Å². The molecule has 0 fully saturated rings. The van der Waals surface area contributed by atoms with Gasteiger partial charge in [0.1, 0.15) is 5.82 Å². The molecule has 0 aliphatic rings. The molecule has 2 amide bonds. The van der Waals surface area contributed by atoms with Gasteiger partial charge in [0.05, 0.1) is 22.6 Å². The van der Waals surface area contributed by atoms with Gasteiger partial charge in [0, 0.05) is 18.2 Å². The minimum absolute atomic E-state index is 0.0682. The summed E-state index contributed by atoms with van der Waals surface area (Å²) in [6.07, 6.45) is 0. The van der Waals surface area contributed by atoms with Crippen molar-refractivity contribution in [3.05, 3.63) is 47.5 Å². The Kier molecular flexibility index (Phi) is 4.48. The molecule has 3 N–H and O–H groups in total. The van der Waals surface area contributed by atoms with Crippen LogP contribution in [0.4, 0.5) is 5.69 Å². The Bertz CT molecular complexity index is 920. The molecular weight excluding hydrogens is 328 g/mol. The quantitative estimate of drug-likeness (QED) is 0.681. The Morgan fingerprint density at radius 1 is 1.21 bits per heavy atom. The van der Waals surface area contributed by atoms with Crippen LogP contribution in [0.2, 0.25) is 5.02 Å². The van der Waals surface area contributed by atoms with Crippen LogP contribution < -0.4 is 10.6 Å². The lowest BCUT2D eigenvalue weighted by Crippen LogP contribution is -2.31. The van der Waals surface area contributed by atoms with Gasteiger partial charge >= 0.3 is 0 Å². The monoisotopic (exact) mass is 342 g/mol. The largest absolute Gasteiger partial charge is 0.347 e. The first-order valence-electron chi connectivity index (χ1n) is 7.32. The lowest BCUT2D eigenvalue weighted by molar-refractivity contribution is -0.122. The van der Waals surface area contributed by atoms with E-state index in [4.69, 9.17) is 11.6 Å². The third kappa shape index (κ3) is 3.55. The zero-order valence-corrected chi connectivity index (χ0v) is 13.6. The SMILES string of the molecule is CC(=O)NCC(=O)Nc1ccc2nc(-c3ccccc3Cl)[nH]c2c1. The molecule has 0 saturated heterocycles. The molecule has 7 heteroatoms. The normalized spacial score (nSPS) is 10.6. The Morgan fingerprint density at radius 3 is 2.75 bits per heavy atom. The number of hydrogen-bond acceptors (Lipinski definition) is 3. The average molecular weight is 343 g/mol. The summed E-state index contributed by atoms with van der Waals surface area (Å²) in [7, 11) is 0. The summed E-state index contributed by atoms with van der Waals surface area (Å²) < 4.78 is 0. The van der Waals surface area contributed by atoms with Crippen molar-refractivity contribution in [2.45, 2.75) is 6.92 Å². The molecular formula is C17H15ClN4O2. The summed E-state index contributed by atoms with van der Waals surface area (Å²) in [5.74, 6) is 0.117. The van der Waals surface area contributed by atoms with E-state index >= 15 is 0 Å². The van der Waals surface area contributed by atoms with Gasteiger partial charge in [-0.15, -0.1) is 0 Å². The zero-order chi connectivity index (χ0) is 17.1. The van der Waals surface area contributed by atoms with E-state index in [1.165, 1.54) is 6.92 Å². The van der Waals surface area contributed by atoms with E-state index in [1.54, 1.807) is 24.3 Å². The minimum atomic E-state index is -0.296. The number of aromatic nitrogens is 2. The van der Waals surface area contributed by atoms with Crippen LogP contribution in [0, 0.1) is 0 Å². The van der Waals surface area contributed by atoms with E-state index in [2.05, 4.69) is 20.6 Å². The van der Waals surface area contributed by atoms with Crippen LogP contribution in [0.5, 0.6) is 0 Å². The lowest BCUT2D eigenvalue weighted by atomic mass is 10.2. The first kappa shape index (κ1) is 16.0. The maximum absolute atomic E-state index is 11.8. The van der Waals surface area contributed by atoms with Crippen LogP contribution in [0.15, 0.2) is 42.5 Å². The van der Waals surface area contributed by atoms with Gasteiger partial charge in [-0.1, -0.05) is 23.7 Å². The maximum atomic E-state index is 11.8. The Labute approximate surface area is 143 Å². The van der Waals surface area contributed by atoms with Crippen molar-refractivity contribution in [1.29, 1.82) is 0 Å². The van der Waals surface area contributed by atoms with Gasteiger partial charge in [0.15, 0.2) is 0 Å². The van der Waals surface area contributed by atoms with Crippen molar-refractivity contribution in [3.8, 4) is 11.4 Å². The Morgan fingerprint density at radius 2 is 2.00 bits per heavy atom. The number of imidazole rings is 1. The van der Waals surface area contributed by atoms with E-state index < -0.39 is 0 Å². The highest BCUT2D eigenvalue weighted by atomic mass is 35.5. The van der Waals surface area contributed by atoms with Gasteiger partial charge in [0.2, 0.25) is 11.8 Å². The molecule has 0 aliphatic heterocycles. The van der Waals surface area contributed by atoms with Crippen molar-refractivity contribution in [1.82, 2.24) is 15.3 Å². The van der Waals surface area contributed by atoms with Gasteiger partial charge in [-0.05, 0) is 30.3 Å². The number of amides is 2. The number of hydrogen-bond donors (Lipinski definition) is 3. The maximum Gasteiger partial charge on any atom is 0.243 e. The molecule has 6 nitrogen and oxygen atoms in total. The summed E-state index contributed by atoms with van der Waals surface area (Å²) in [5.41, 5.74) is 2.98. The van der Waals surface area contributed by atoms with Gasteiger partial charge in [-0.2, -0.15) is 0 Å². The molecule has 0 bridgehead atoms. The number of carbonyl (C=O) groups is 2. The zero-order valence-electron chi connectivity index (χ0n) is 12.9. The molecule has 0 saturated carbocycles. The molecule has 122 valence electrons. The average Bonchev–Trinajstić information content (AvgIpc) is 2.96. The Balaban J connectivity index is 1.83. The first-order valence-corrected chi connectivity index (χ1v) is 7.69. The molecule has 24 heavy (non-hydrogen) atoms. The number of rotatable bonds is 4. The molecule has 3 rings (SSSR count). The minimum Gasteiger partial charge on any atom is -0.347 e. The van der Waals surface area contributed by atoms with Crippen LogP contribution in [-0.4, -0.2) is 28.3 Å². The highest BCUT2D eigenvalue weighted by molar-refractivity contribution is 6.33. The van der Waals surface area contributed by atoms with Gasteiger partial charge in [-0.25, -0.2) is 4.98 Å². The number of H-pyrrole nitrogens is 1. The van der Waals surface area contributed by atoms with E-state index in [1.807, 2.05) is 18.2 Å². The topological polar surface area (TPSA) is 86.9 Å². The fourth-order valence-corrected chi connectivity index (χ4v) is 2.50. The van der Waals surface area contributed by atoms with Crippen LogP contribution in [0.25, 0.3) is 22.4 Å². The molecule has 1 aromatic heterocycles. The van der Waals surface area contributed by atoms with E-state index in [-0.39, 0.29) is 18.4 Å². The highest BCUT2D eigenvalue weighted by Crippen LogP contribution is 2.28. The second-order valence-electron chi connectivity index (χ2n) is 5.26. The number of aromatic amines is 1. The van der Waals surface area contributed by atoms with Crippen molar-refractivity contribution < 1.29 is 9.59 Å². The van der Waals surface area contributed by atoms with Crippen LogP contribution in [-0.2, 0) is 9.59 Å². The first-order chi connectivity index (χ1) is 11.5. The molecule has 0 atom stereocenters. The standard InChI is InChI=1S/C17H15ClN4O2/c1-10(23)19-9-16(24)20-11-6-7-14-15(8-11)22-17(21-14)12-4-2-3-5-13(12)18/h2-8H,9H2,1H3,(H,19,23)(H,20,24)(H,21,22). The molecule has 3 aromatic rings. The van der Waals surface area contributed by atoms with Crippen molar-refractivity contribution in [2.75, 3.05) is 11.9 Å². The predicted octanol–water partition coefficient (Wildman–Crippen LogP) is 2.96. The van der Waals surface area contributed by atoms with Crippen molar-refractivity contribution in [3.63, 3.8) is 0 Å². The summed E-state index contributed by atoms with van der Waals surface area (Å²) >= 11 is 6.20. The molecule has 2 aromatic carbocycles. The molecule has 1 heterocycles. The summed E-state index contributed by atoms with van der Waals surface area (Å²) in [6, 6.07) is 12.8. The smallest absolute Gasteiger partial charge is 0.243 e. The summed E-state index contributed by atoms with van der Waals surface area (Å²) in [5, 5.41) is 5.78. The predicted molar refractivity (Wildman–Crippen MR) is 93.9 cm³/mol. The van der Waals surface area contributed by atoms with Gasteiger partial charge in [-0.3, -0.25) is 9.59 Å². The fourth-order valence-electron chi connectivity index (χ4n) is 2.28. The van der Waals surface area contributed by atoms with E-state index in [9.17, 15) is 9.59 Å². The number of benzene rings is 2. The third-order valence-electron chi connectivity index (χ3n) is 3.39.